The average Bonchev–Trinajstić information content (AvgIpc) is 2.67. The fourth-order valence-electron chi connectivity index (χ4n) is 3.45. The fraction of sp³-hybridized carbons (Fsp3) is 0.227. The van der Waals surface area contributed by atoms with Gasteiger partial charge >= 0.3 is 0 Å². The molecule has 0 radical (unpaired) electrons. The number of anilines is 4. The number of nitrogens with zero attached hydrogens (tertiary/aromatic N) is 3. The van der Waals surface area contributed by atoms with Gasteiger partial charge in [-0.25, -0.2) is 4.98 Å². The van der Waals surface area contributed by atoms with Crippen LogP contribution < -0.4 is 15.5 Å². The molecule has 0 saturated heterocycles. The lowest BCUT2D eigenvalue weighted by Gasteiger charge is -2.29. The Morgan fingerprint density at radius 2 is 1.79 bits per heavy atom. The molecule has 0 bridgehead atoms. The van der Waals surface area contributed by atoms with Crippen molar-refractivity contribution in [1.82, 2.24) is 9.97 Å². The smallest absolute Gasteiger partial charge is 0.227 e. The molecule has 2 aromatic carbocycles. The zero-order valence-electron chi connectivity index (χ0n) is 16.1. The van der Waals surface area contributed by atoms with E-state index in [0.29, 0.717) is 0 Å². The van der Waals surface area contributed by atoms with Gasteiger partial charge in [0.25, 0.3) is 0 Å². The van der Waals surface area contributed by atoms with Crippen LogP contribution in [0.5, 0.6) is 0 Å². The molecule has 1 amide bonds. The Morgan fingerprint density at radius 3 is 2.61 bits per heavy atom. The minimum absolute atomic E-state index is 0.0947. The Morgan fingerprint density at radius 1 is 1.00 bits per heavy atom. The van der Waals surface area contributed by atoms with E-state index >= 15 is 0 Å². The predicted molar refractivity (Wildman–Crippen MR) is 112 cm³/mol. The van der Waals surface area contributed by atoms with Gasteiger partial charge < -0.3 is 15.5 Å². The molecule has 1 aliphatic heterocycles. The normalized spacial score (nSPS) is 13.0. The summed E-state index contributed by atoms with van der Waals surface area (Å²) < 4.78 is 0. The molecule has 0 aliphatic carbocycles. The van der Waals surface area contributed by atoms with Crippen LogP contribution in [0.2, 0.25) is 0 Å². The molecule has 3 aromatic rings. The topological polar surface area (TPSA) is 70.2 Å². The molecular formula is C22H23N5O. The highest BCUT2D eigenvalue weighted by molar-refractivity contribution is 5.89. The van der Waals surface area contributed by atoms with Gasteiger partial charge in [-0.15, -0.1) is 0 Å². The van der Waals surface area contributed by atoms with Crippen LogP contribution in [0.25, 0.3) is 0 Å². The summed E-state index contributed by atoms with van der Waals surface area (Å²) in [5.41, 5.74) is 5.25. The molecule has 4 rings (SSSR count). The zero-order chi connectivity index (χ0) is 19.5. The number of aromatic nitrogens is 2. The van der Waals surface area contributed by atoms with Crippen molar-refractivity contribution in [2.24, 2.45) is 0 Å². The number of carbonyl (C=O) groups is 1. The molecule has 6 heteroatoms. The second-order valence-electron chi connectivity index (χ2n) is 7.02. The van der Waals surface area contributed by atoms with Gasteiger partial charge in [-0.3, -0.25) is 4.79 Å². The van der Waals surface area contributed by atoms with E-state index in [-0.39, 0.29) is 5.91 Å². The highest BCUT2D eigenvalue weighted by Crippen LogP contribution is 2.25. The first-order valence-electron chi connectivity index (χ1n) is 9.39. The fourth-order valence-corrected chi connectivity index (χ4v) is 3.45. The Kier molecular flexibility index (Phi) is 4.93. The molecule has 1 aliphatic rings. The zero-order valence-corrected chi connectivity index (χ0v) is 16.1. The SMILES string of the molecule is CC(=O)Nc1cccc(Nc2cc(C)nc(N3CCc4ccccc4C3)n2)c1. The number of rotatable bonds is 4. The monoisotopic (exact) mass is 373 g/mol. The summed E-state index contributed by atoms with van der Waals surface area (Å²) >= 11 is 0. The van der Waals surface area contributed by atoms with Gasteiger partial charge in [0, 0.05) is 43.1 Å². The van der Waals surface area contributed by atoms with Crippen molar-refractivity contribution >= 4 is 29.0 Å². The first kappa shape index (κ1) is 18.0. The Hall–Kier alpha value is -3.41. The third-order valence-corrected chi connectivity index (χ3v) is 4.71. The minimum Gasteiger partial charge on any atom is -0.340 e. The Labute approximate surface area is 164 Å². The van der Waals surface area contributed by atoms with E-state index in [1.54, 1.807) is 0 Å². The molecule has 2 heterocycles. The van der Waals surface area contributed by atoms with E-state index in [2.05, 4.69) is 44.8 Å². The van der Waals surface area contributed by atoms with Gasteiger partial charge in [-0.1, -0.05) is 30.3 Å². The molecule has 0 spiro atoms. The van der Waals surface area contributed by atoms with Gasteiger partial charge in [0.15, 0.2) is 0 Å². The lowest BCUT2D eigenvalue weighted by Crippen LogP contribution is -2.32. The van der Waals surface area contributed by atoms with Crippen LogP contribution in [0.1, 0.15) is 23.7 Å². The van der Waals surface area contributed by atoms with Gasteiger partial charge in [0.2, 0.25) is 11.9 Å². The lowest BCUT2D eigenvalue weighted by atomic mass is 10.0. The van der Waals surface area contributed by atoms with Crippen molar-refractivity contribution in [3.05, 3.63) is 71.4 Å². The van der Waals surface area contributed by atoms with Crippen LogP contribution in [-0.4, -0.2) is 22.4 Å². The number of hydrogen-bond acceptors (Lipinski definition) is 5. The van der Waals surface area contributed by atoms with Crippen molar-refractivity contribution in [3.8, 4) is 0 Å². The standard InChI is InChI=1S/C22H23N5O/c1-15-12-21(25-20-9-5-8-19(13-20)24-16(2)28)26-22(23-15)27-11-10-17-6-3-4-7-18(17)14-27/h3-9,12-13H,10-11,14H2,1-2H3,(H,24,28)(H,23,25,26). The summed E-state index contributed by atoms with van der Waals surface area (Å²) in [4.78, 5) is 22.9. The molecule has 28 heavy (non-hydrogen) atoms. The Bertz CT molecular complexity index is 1020. The molecule has 0 atom stereocenters. The van der Waals surface area contributed by atoms with Crippen LogP contribution in [0.15, 0.2) is 54.6 Å². The second kappa shape index (κ2) is 7.68. The summed E-state index contributed by atoms with van der Waals surface area (Å²) in [6.07, 6.45) is 0.995. The minimum atomic E-state index is -0.0947. The van der Waals surface area contributed by atoms with Crippen LogP contribution in [0.3, 0.4) is 0 Å². The third kappa shape index (κ3) is 4.11. The summed E-state index contributed by atoms with van der Waals surface area (Å²) in [7, 11) is 0. The second-order valence-corrected chi connectivity index (χ2v) is 7.02. The van der Waals surface area contributed by atoms with Crippen molar-refractivity contribution in [3.63, 3.8) is 0 Å². The number of aryl methyl sites for hydroxylation is 1. The van der Waals surface area contributed by atoms with Gasteiger partial charge in [-0.05, 0) is 42.7 Å². The molecule has 2 N–H and O–H groups in total. The van der Waals surface area contributed by atoms with E-state index < -0.39 is 0 Å². The molecule has 0 fully saturated rings. The molecule has 1 aromatic heterocycles. The van der Waals surface area contributed by atoms with Crippen molar-refractivity contribution in [2.75, 3.05) is 22.1 Å². The van der Waals surface area contributed by atoms with Crippen LogP contribution in [0.4, 0.5) is 23.1 Å². The van der Waals surface area contributed by atoms with E-state index in [9.17, 15) is 4.79 Å². The molecule has 6 nitrogen and oxygen atoms in total. The average molecular weight is 373 g/mol. The first-order valence-corrected chi connectivity index (χ1v) is 9.39. The number of carbonyl (C=O) groups excluding carboxylic acids is 1. The molecule has 0 saturated carbocycles. The third-order valence-electron chi connectivity index (χ3n) is 4.71. The highest BCUT2D eigenvalue weighted by atomic mass is 16.1. The quantitative estimate of drug-likeness (QED) is 0.722. The van der Waals surface area contributed by atoms with Gasteiger partial charge in [0.1, 0.15) is 5.82 Å². The predicted octanol–water partition coefficient (Wildman–Crippen LogP) is 4.05. The van der Waals surface area contributed by atoms with Crippen molar-refractivity contribution < 1.29 is 4.79 Å². The van der Waals surface area contributed by atoms with E-state index in [4.69, 9.17) is 4.98 Å². The Balaban J connectivity index is 1.56. The van der Waals surface area contributed by atoms with E-state index in [1.807, 2.05) is 37.3 Å². The van der Waals surface area contributed by atoms with Crippen LogP contribution >= 0.6 is 0 Å². The van der Waals surface area contributed by atoms with E-state index in [0.717, 1.165) is 48.3 Å². The summed E-state index contributed by atoms with van der Waals surface area (Å²) in [6, 6.07) is 18.0. The molecule has 0 unspecified atom stereocenters. The number of hydrogen-bond donors (Lipinski definition) is 2. The maximum absolute atomic E-state index is 11.3. The van der Waals surface area contributed by atoms with Crippen molar-refractivity contribution in [1.29, 1.82) is 0 Å². The first-order chi connectivity index (χ1) is 13.6. The highest BCUT2D eigenvalue weighted by Gasteiger charge is 2.18. The summed E-state index contributed by atoms with van der Waals surface area (Å²) in [5, 5.41) is 6.12. The van der Waals surface area contributed by atoms with Crippen LogP contribution in [-0.2, 0) is 17.8 Å². The molecule has 142 valence electrons. The largest absolute Gasteiger partial charge is 0.340 e. The number of fused-ring (bicyclic) bond motifs is 1. The summed E-state index contributed by atoms with van der Waals surface area (Å²) in [6.45, 7) is 5.19. The van der Waals surface area contributed by atoms with Gasteiger partial charge in [-0.2, -0.15) is 4.98 Å². The number of benzene rings is 2. The maximum Gasteiger partial charge on any atom is 0.227 e. The number of nitrogens with one attached hydrogen (secondary N) is 2. The maximum atomic E-state index is 11.3. The lowest BCUT2D eigenvalue weighted by molar-refractivity contribution is -0.114. The number of amides is 1. The van der Waals surface area contributed by atoms with Crippen molar-refractivity contribution in [2.45, 2.75) is 26.8 Å². The van der Waals surface area contributed by atoms with Gasteiger partial charge in [0.05, 0.1) is 0 Å². The summed E-state index contributed by atoms with van der Waals surface area (Å²) in [5.74, 6) is 1.37. The van der Waals surface area contributed by atoms with Crippen LogP contribution in [0, 0.1) is 6.92 Å². The van der Waals surface area contributed by atoms with E-state index in [1.165, 1.54) is 18.1 Å². The molecular weight excluding hydrogens is 350 g/mol.